The maximum Gasteiger partial charge on any atom is 0.224 e. The van der Waals surface area contributed by atoms with Crippen LogP contribution in [0.4, 0.5) is 0 Å². The van der Waals surface area contributed by atoms with E-state index in [0.717, 1.165) is 10.9 Å². The predicted molar refractivity (Wildman–Crippen MR) is 59.3 cm³/mol. The van der Waals surface area contributed by atoms with Crippen LogP contribution in [0.5, 0.6) is 0 Å². The molecule has 0 fully saturated rings. The fraction of sp³-hybridized carbons (Fsp3) is 0.111. The highest BCUT2D eigenvalue weighted by Crippen LogP contribution is 2.30. The molecule has 0 spiro atoms. The molecule has 1 aromatic heterocycles. The second-order valence-corrected chi connectivity index (χ2v) is 3.97. The van der Waals surface area contributed by atoms with Crippen LogP contribution in [0.3, 0.4) is 0 Å². The van der Waals surface area contributed by atoms with E-state index in [9.17, 15) is 0 Å². The topological polar surface area (TPSA) is 25.8 Å². The number of rotatable bonds is 0. The Labute approximate surface area is 95.8 Å². The minimum Gasteiger partial charge on any atom is -0.216 e. The van der Waals surface area contributed by atoms with Crippen molar-refractivity contribution in [1.82, 2.24) is 9.97 Å². The van der Waals surface area contributed by atoms with E-state index in [4.69, 9.17) is 34.8 Å². The van der Waals surface area contributed by atoms with Gasteiger partial charge in [-0.15, -0.1) is 0 Å². The normalized spacial score (nSPS) is 10.9. The Hall–Kier alpha value is -0.570. The summed E-state index contributed by atoms with van der Waals surface area (Å²) >= 11 is 17.6. The number of hydrogen-bond donors (Lipinski definition) is 0. The molecule has 5 heteroatoms. The molecule has 0 bridgehead atoms. The Morgan fingerprint density at radius 3 is 2.50 bits per heavy atom. The van der Waals surface area contributed by atoms with Gasteiger partial charge in [0.05, 0.1) is 10.5 Å². The summed E-state index contributed by atoms with van der Waals surface area (Å²) in [6, 6.07) is 3.63. The summed E-state index contributed by atoms with van der Waals surface area (Å²) in [4.78, 5) is 7.90. The van der Waals surface area contributed by atoms with Gasteiger partial charge >= 0.3 is 0 Å². The maximum absolute atomic E-state index is 5.97. The number of fused-ring (bicyclic) bond motifs is 1. The second-order valence-electron chi connectivity index (χ2n) is 2.87. The Kier molecular flexibility index (Phi) is 2.52. The molecule has 0 aliphatic heterocycles. The number of hydrogen-bond acceptors (Lipinski definition) is 2. The molecule has 0 amide bonds. The van der Waals surface area contributed by atoms with Crippen LogP contribution in [-0.4, -0.2) is 9.97 Å². The third-order valence-corrected chi connectivity index (χ3v) is 2.69. The van der Waals surface area contributed by atoms with Crippen molar-refractivity contribution in [3.63, 3.8) is 0 Å². The maximum atomic E-state index is 5.97. The zero-order valence-corrected chi connectivity index (χ0v) is 9.45. The lowest BCUT2D eigenvalue weighted by atomic mass is 10.1. The highest BCUT2D eigenvalue weighted by molar-refractivity contribution is 6.39. The lowest BCUT2D eigenvalue weighted by Gasteiger charge is -2.04. The van der Waals surface area contributed by atoms with Crippen molar-refractivity contribution in [2.75, 3.05) is 0 Å². The molecule has 0 atom stereocenters. The van der Waals surface area contributed by atoms with Crippen molar-refractivity contribution < 1.29 is 0 Å². The largest absolute Gasteiger partial charge is 0.224 e. The van der Waals surface area contributed by atoms with Crippen LogP contribution in [0.25, 0.3) is 10.9 Å². The SMILES string of the molecule is Cc1ccc(Cl)c2nc(Cl)nc(Cl)c12. The minimum atomic E-state index is 0.106. The van der Waals surface area contributed by atoms with Gasteiger partial charge in [-0.05, 0) is 30.2 Å². The van der Waals surface area contributed by atoms with Crippen LogP contribution in [-0.2, 0) is 0 Å². The lowest BCUT2D eigenvalue weighted by Crippen LogP contribution is -1.89. The molecule has 0 aliphatic rings. The van der Waals surface area contributed by atoms with E-state index in [1.807, 2.05) is 13.0 Å². The molecule has 0 unspecified atom stereocenters. The van der Waals surface area contributed by atoms with Gasteiger partial charge in [0, 0.05) is 5.39 Å². The number of benzene rings is 1. The third kappa shape index (κ3) is 1.54. The van der Waals surface area contributed by atoms with Crippen LogP contribution in [0, 0.1) is 6.92 Å². The summed E-state index contributed by atoms with van der Waals surface area (Å²) in [5.74, 6) is 0. The van der Waals surface area contributed by atoms with Gasteiger partial charge in [-0.3, -0.25) is 0 Å². The smallest absolute Gasteiger partial charge is 0.216 e. The Bertz CT molecular complexity index is 511. The third-order valence-electron chi connectivity index (χ3n) is 1.94. The summed E-state index contributed by atoms with van der Waals surface area (Å²) in [7, 11) is 0. The molecule has 2 nitrogen and oxygen atoms in total. The molecule has 0 N–H and O–H groups in total. The fourth-order valence-corrected chi connectivity index (χ4v) is 2.02. The highest BCUT2D eigenvalue weighted by atomic mass is 35.5. The highest BCUT2D eigenvalue weighted by Gasteiger charge is 2.09. The molecule has 1 aromatic carbocycles. The van der Waals surface area contributed by atoms with E-state index in [2.05, 4.69) is 9.97 Å². The van der Waals surface area contributed by atoms with Crippen LogP contribution >= 0.6 is 34.8 Å². The zero-order chi connectivity index (χ0) is 10.3. The van der Waals surface area contributed by atoms with Gasteiger partial charge in [-0.2, -0.15) is 0 Å². The van der Waals surface area contributed by atoms with Gasteiger partial charge in [0.15, 0.2) is 0 Å². The lowest BCUT2D eigenvalue weighted by molar-refractivity contribution is 1.22. The summed E-state index contributed by atoms with van der Waals surface area (Å²) in [5.41, 5.74) is 1.57. The number of aromatic nitrogens is 2. The van der Waals surface area contributed by atoms with Crippen molar-refractivity contribution in [3.05, 3.63) is 33.2 Å². The zero-order valence-electron chi connectivity index (χ0n) is 7.18. The average Bonchev–Trinajstić information content (AvgIpc) is 2.10. The van der Waals surface area contributed by atoms with Gasteiger partial charge < -0.3 is 0 Å². The van der Waals surface area contributed by atoms with Crippen LogP contribution in [0.1, 0.15) is 5.56 Å². The molecule has 2 rings (SSSR count). The molecular formula is C9H5Cl3N2. The van der Waals surface area contributed by atoms with Crippen molar-refractivity contribution >= 4 is 45.7 Å². The number of halogens is 3. The number of nitrogens with zero attached hydrogens (tertiary/aromatic N) is 2. The quantitative estimate of drug-likeness (QED) is 0.521. The van der Waals surface area contributed by atoms with Crippen molar-refractivity contribution in [1.29, 1.82) is 0 Å². The van der Waals surface area contributed by atoms with Crippen molar-refractivity contribution in [2.24, 2.45) is 0 Å². The Morgan fingerprint density at radius 1 is 1.07 bits per heavy atom. The Morgan fingerprint density at radius 2 is 1.79 bits per heavy atom. The van der Waals surface area contributed by atoms with Crippen molar-refractivity contribution in [2.45, 2.75) is 6.92 Å². The van der Waals surface area contributed by atoms with Gasteiger partial charge in [0.1, 0.15) is 5.15 Å². The first kappa shape index (κ1) is 9.97. The molecule has 0 aliphatic carbocycles. The molecule has 1 heterocycles. The van der Waals surface area contributed by atoms with E-state index >= 15 is 0 Å². The average molecular weight is 248 g/mol. The fourth-order valence-electron chi connectivity index (χ4n) is 1.29. The van der Waals surface area contributed by atoms with Gasteiger partial charge in [-0.25, -0.2) is 9.97 Å². The van der Waals surface area contributed by atoms with E-state index in [1.54, 1.807) is 6.07 Å². The van der Waals surface area contributed by atoms with Crippen molar-refractivity contribution in [3.8, 4) is 0 Å². The standard InChI is InChI=1S/C9H5Cl3N2/c1-4-2-3-5(10)7-6(4)8(11)14-9(12)13-7/h2-3H,1H3. The molecule has 0 saturated carbocycles. The number of aryl methyl sites for hydroxylation is 1. The molecule has 0 radical (unpaired) electrons. The van der Waals surface area contributed by atoms with E-state index in [0.29, 0.717) is 15.7 Å². The van der Waals surface area contributed by atoms with Crippen LogP contribution < -0.4 is 0 Å². The summed E-state index contributed by atoms with van der Waals surface area (Å²) < 4.78 is 0. The van der Waals surface area contributed by atoms with Gasteiger partial charge in [-0.1, -0.05) is 29.3 Å². The van der Waals surface area contributed by atoms with E-state index in [-0.39, 0.29) is 5.28 Å². The summed E-state index contributed by atoms with van der Waals surface area (Å²) in [5, 5.41) is 1.72. The van der Waals surface area contributed by atoms with E-state index < -0.39 is 0 Å². The molecule has 2 aromatic rings. The Balaban J connectivity index is 3.00. The van der Waals surface area contributed by atoms with Gasteiger partial charge in [0.2, 0.25) is 5.28 Å². The summed E-state index contributed by atoms with van der Waals surface area (Å²) in [6.45, 7) is 1.92. The van der Waals surface area contributed by atoms with E-state index in [1.165, 1.54) is 0 Å². The van der Waals surface area contributed by atoms with Crippen LogP contribution in [0.15, 0.2) is 12.1 Å². The monoisotopic (exact) mass is 246 g/mol. The van der Waals surface area contributed by atoms with Crippen LogP contribution in [0.2, 0.25) is 15.5 Å². The van der Waals surface area contributed by atoms with Gasteiger partial charge in [0.25, 0.3) is 0 Å². The molecule has 14 heavy (non-hydrogen) atoms. The molecule has 0 saturated heterocycles. The minimum absolute atomic E-state index is 0.106. The molecular weight excluding hydrogens is 242 g/mol. The second kappa shape index (κ2) is 3.54. The summed E-state index contributed by atoms with van der Waals surface area (Å²) in [6.07, 6.45) is 0. The molecule has 72 valence electrons. The predicted octanol–water partition coefficient (Wildman–Crippen LogP) is 3.90. The first-order chi connectivity index (χ1) is 6.59. The first-order valence-electron chi connectivity index (χ1n) is 3.87. The first-order valence-corrected chi connectivity index (χ1v) is 5.01.